The van der Waals surface area contributed by atoms with Crippen LogP contribution in [-0.4, -0.2) is 74.7 Å². The second kappa shape index (κ2) is 10.3. The maximum atomic E-state index is 12.9. The summed E-state index contributed by atoms with van der Waals surface area (Å²) in [7, 11) is 5.63. The van der Waals surface area contributed by atoms with Crippen LogP contribution in [0.25, 0.3) is 0 Å². The molecule has 1 unspecified atom stereocenters. The molecule has 1 fully saturated rings. The number of carbonyl (C=O) groups is 1. The number of rotatable bonds is 7. The largest absolute Gasteiger partial charge is 0.497 e. The summed E-state index contributed by atoms with van der Waals surface area (Å²) in [6.45, 7) is 5.51. The Bertz CT molecular complexity index is 775. The first-order valence-electron chi connectivity index (χ1n) is 10.2. The molecule has 2 aromatic carbocycles. The quantitative estimate of drug-likeness (QED) is 0.782. The number of benzene rings is 2. The SMILES string of the molecule is COc1cccc(CN(C)C(=O)NC(CN2CCN(C)CC2)c2ccccc2)c1. The van der Waals surface area contributed by atoms with E-state index in [9.17, 15) is 4.79 Å². The molecule has 1 aliphatic rings. The van der Waals surface area contributed by atoms with Gasteiger partial charge in [-0.3, -0.25) is 4.90 Å². The predicted octanol–water partition coefficient (Wildman–Crippen LogP) is 2.83. The van der Waals surface area contributed by atoms with E-state index >= 15 is 0 Å². The molecular formula is C23H32N4O2. The Balaban J connectivity index is 1.65. The minimum Gasteiger partial charge on any atom is -0.497 e. The van der Waals surface area contributed by atoms with E-state index in [4.69, 9.17) is 4.74 Å². The van der Waals surface area contributed by atoms with Crippen LogP contribution in [0.5, 0.6) is 5.75 Å². The fraction of sp³-hybridized carbons (Fsp3) is 0.435. The van der Waals surface area contributed by atoms with E-state index in [1.807, 2.05) is 49.5 Å². The van der Waals surface area contributed by atoms with Gasteiger partial charge >= 0.3 is 6.03 Å². The Hall–Kier alpha value is -2.57. The van der Waals surface area contributed by atoms with Crippen LogP contribution in [0.2, 0.25) is 0 Å². The van der Waals surface area contributed by atoms with Crippen LogP contribution in [0.3, 0.4) is 0 Å². The summed E-state index contributed by atoms with van der Waals surface area (Å²) in [4.78, 5) is 19.4. The van der Waals surface area contributed by atoms with Crippen LogP contribution in [0.1, 0.15) is 17.2 Å². The van der Waals surface area contributed by atoms with Crippen LogP contribution in [0.4, 0.5) is 4.79 Å². The number of amides is 2. The van der Waals surface area contributed by atoms with E-state index in [0.717, 1.165) is 49.6 Å². The molecule has 0 bridgehead atoms. The van der Waals surface area contributed by atoms with Crippen molar-refractivity contribution in [2.75, 3.05) is 53.9 Å². The summed E-state index contributed by atoms with van der Waals surface area (Å²) in [5.41, 5.74) is 2.17. The van der Waals surface area contributed by atoms with Crippen molar-refractivity contribution in [2.24, 2.45) is 0 Å². The van der Waals surface area contributed by atoms with E-state index in [2.05, 4.69) is 34.3 Å². The van der Waals surface area contributed by atoms with Gasteiger partial charge in [0.1, 0.15) is 5.75 Å². The van der Waals surface area contributed by atoms with Gasteiger partial charge in [-0.2, -0.15) is 0 Å². The maximum absolute atomic E-state index is 12.9. The van der Waals surface area contributed by atoms with E-state index in [1.54, 1.807) is 12.0 Å². The monoisotopic (exact) mass is 396 g/mol. The van der Waals surface area contributed by atoms with Crippen molar-refractivity contribution < 1.29 is 9.53 Å². The molecule has 29 heavy (non-hydrogen) atoms. The highest BCUT2D eigenvalue weighted by molar-refractivity contribution is 5.74. The first-order chi connectivity index (χ1) is 14.0. The summed E-state index contributed by atoms with van der Waals surface area (Å²) in [6, 6.07) is 17.9. The molecule has 0 aliphatic carbocycles. The van der Waals surface area contributed by atoms with Gasteiger partial charge in [0.05, 0.1) is 13.2 Å². The van der Waals surface area contributed by atoms with Crippen molar-refractivity contribution in [3.05, 3.63) is 65.7 Å². The Morgan fingerprint density at radius 1 is 1.10 bits per heavy atom. The van der Waals surface area contributed by atoms with Crippen LogP contribution >= 0.6 is 0 Å². The van der Waals surface area contributed by atoms with Gasteiger partial charge in [0.15, 0.2) is 0 Å². The lowest BCUT2D eigenvalue weighted by molar-refractivity contribution is 0.140. The summed E-state index contributed by atoms with van der Waals surface area (Å²) in [5.74, 6) is 0.800. The number of hydrogen-bond donors (Lipinski definition) is 1. The van der Waals surface area contributed by atoms with Gasteiger partial charge in [0.2, 0.25) is 0 Å². The first kappa shape index (κ1) is 21.1. The molecule has 3 rings (SSSR count). The van der Waals surface area contributed by atoms with E-state index in [0.29, 0.717) is 6.54 Å². The third-order valence-corrected chi connectivity index (χ3v) is 5.44. The molecule has 6 heteroatoms. The van der Waals surface area contributed by atoms with Crippen LogP contribution in [0.15, 0.2) is 54.6 Å². The maximum Gasteiger partial charge on any atom is 0.317 e. The number of carbonyl (C=O) groups excluding carboxylic acids is 1. The van der Waals surface area contributed by atoms with Gasteiger partial charge in [0, 0.05) is 46.3 Å². The zero-order chi connectivity index (χ0) is 20.6. The number of nitrogens with one attached hydrogen (secondary N) is 1. The smallest absolute Gasteiger partial charge is 0.317 e. The fourth-order valence-corrected chi connectivity index (χ4v) is 3.58. The molecule has 1 aliphatic heterocycles. The van der Waals surface area contributed by atoms with Crippen LogP contribution < -0.4 is 10.1 Å². The van der Waals surface area contributed by atoms with Gasteiger partial charge in [-0.1, -0.05) is 42.5 Å². The third kappa shape index (κ3) is 6.21. The first-order valence-corrected chi connectivity index (χ1v) is 10.2. The van der Waals surface area contributed by atoms with Gasteiger partial charge in [-0.05, 0) is 30.3 Å². The Kier molecular flexibility index (Phi) is 7.49. The molecule has 156 valence electrons. The lowest BCUT2D eigenvalue weighted by Gasteiger charge is -2.35. The highest BCUT2D eigenvalue weighted by Gasteiger charge is 2.22. The topological polar surface area (TPSA) is 48.1 Å². The molecule has 6 nitrogen and oxygen atoms in total. The van der Waals surface area contributed by atoms with Crippen molar-refractivity contribution in [3.63, 3.8) is 0 Å². The fourth-order valence-electron chi connectivity index (χ4n) is 3.58. The third-order valence-electron chi connectivity index (χ3n) is 5.44. The number of methoxy groups -OCH3 is 1. The molecule has 2 aromatic rings. The Morgan fingerprint density at radius 2 is 1.83 bits per heavy atom. The molecule has 0 saturated carbocycles. The predicted molar refractivity (Wildman–Crippen MR) is 116 cm³/mol. The zero-order valence-electron chi connectivity index (χ0n) is 17.7. The second-order valence-electron chi connectivity index (χ2n) is 7.72. The van der Waals surface area contributed by atoms with Gasteiger partial charge < -0.3 is 19.9 Å². The van der Waals surface area contributed by atoms with Crippen LogP contribution in [-0.2, 0) is 6.54 Å². The van der Waals surface area contributed by atoms with E-state index in [-0.39, 0.29) is 12.1 Å². The average molecular weight is 397 g/mol. The van der Waals surface area contributed by atoms with Crippen molar-refractivity contribution in [3.8, 4) is 5.75 Å². The minimum atomic E-state index is -0.0733. The number of urea groups is 1. The van der Waals surface area contributed by atoms with E-state index < -0.39 is 0 Å². The highest BCUT2D eigenvalue weighted by Crippen LogP contribution is 2.17. The van der Waals surface area contributed by atoms with Crippen molar-refractivity contribution in [1.29, 1.82) is 0 Å². The molecule has 1 saturated heterocycles. The zero-order valence-corrected chi connectivity index (χ0v) is 17.7. The molecule has 0 aromatic heterocycles. The summed E-state index contributed by atoms with van der Waals surface area (Å²) < 4.78 is 5.28. The van der Waals surface area contributed by atoms with E-state index in [1.165, 1.54) is 0 Å². The molecule has 1 N–H and O–H groups in total. The molecule has 1 atom stereocenters. The van der Waals surface area contributed by atoms with Crippen LogP contribution in [0, 0.1) is 0 Å². The van der Waals surface area contributed by atoms with Crippen molar-refractivity contribution >= 4 is 6.03 Å². The lowest BCUT2D eigenvalue weighted by Crippen LogP contribution is -2.49. The summed E-state index contributed by atoms with van der Waals surface area (Å²) in [6.07, 6.45) is 0. The minimum absolute atomic E-state index is 0.0418. The molecule has 1 heterocycles. The highest BCUT2D eigenvalue weighted by atomic mass is 16.5. The standard InChI is InChI=1S/C23H32N4O2/c1-25-12-14-27(15-13-25)18-22(20-9-5-4-6-10-20)24-23(28)26(2)17-19-8-7-11-21(16-19)29-3/h4-11,16,22H,12-15,17-18H2,1-3H3,(H,24,28). The number of piperazine rings is 1. The number of ether oxygens (including phenoxy) is 1. The van der Waals surface area contributed by atoms with Crippen molar-refractivity contribution in [1.82, 2.24) is 20.0 Å². The normalized spacial score (nSPS) is 16.2. The number of likely N-dealkylation sites (N-methyl/N-ethyl adjacent to an activating group) is 1. The van der Waals surface area contributed by atoms with Crippen molar-refractivity contribution in [2.45, 2.75) is 12.6 Å². The van der Waals surface area contributed by atoms with Gasteiger partial charge in [0.25, 0.3) is 0 Å². The van der Waals surface area contributed by atoms with Gasteiger partial charge in [-0.25, -0.2) is 4.79 Å². The molecular weight excluding hydrogens is 364 g/mol. The Labute approximate surface area is 174 Å². The molecule has 0 radical (unpaired) electrons. The second-order valence-corrected chi connectivity index (χ2v) is 7.72. The number of hydrogen-bond acceptors (Lipinski definition) is 4. The Morgan fingerprint density at radius 3 is 2.52 bits per heavy atom. The molecule has 2 amide bonds. The lowest BCUT2D eigenvalue weighted by atomic mass is 10.1. The molecule has 0 spiro atoms. The van der Waals surface area contributed by atoms with Gasteiger partial charge in [-0.15, -0.1) is 0 Å². The summed E-state index contributed by atoms with van der Waals surface area (Å²) >= 11 is 0. The average Bonchev–Trinajstić information content (AvgIpc) is 2.75. The number of nitrogens with zero attached hydrogens (tertiary/aromatic N) is 3. The summed E-state index contributed by atoms with van der Waals surface area (Å²) in [5, 5.41) is 3.24.